The van der Waals surface area contributed by atoms with Crippen molar-refractivity contribution >= 4 is 5.82 Å². The molecule has 2 aromatic rings. The van der Waals surface area contributed by atoms with Gasteiger partial charge in [0.15, 0.2) is 11.6 Å². The van der Waals surface area contributed by atoms with E-state index in [0.29, 0.717) is 17.5 Å². The van der Waals surface area contributed by atoms with Crippen LogP contribution in [0.1, 0.15) is 25.3 Å². The molecule has 4 nitrogen and oxygen atoms in total. The monoisotopic (exact) mass is 232 g/mol. The summed E-state index contributed by atoms with van der Waals surface area (Å²) >= 11 is 0. The summed E-state index contributed by atoms with van der Waals surface area (Å²) in [4.78, 5) is 0. The number of benzene rings is 1. The largest absolute Gasteiger partial charge is 0.496 e. The molecule has 2 rings (SSSR count). The molecule has 1 heterocycles. The first-order valence-corrected chi connectivity index (χ1v) is 5.52. The maximum absolute atomic E-state index is 5.53. The summed E-state index contributed by atoms with van der Waals surface area (Å²) in [5.74, 6) is 2.30. The molecule has 0 atom stereocenters. The third-order valence-electron chi connectivity index (χ3n) is 2.67. The van der Waals surface area contributed by atoms with Crippen molar-refractivity contribution in [3.05, 3.63) is 29.8 Å². The zero-order valence-electron chi connectivity index (χ0n) is 10.2. The first-order chi connectivity index (χ1) is 8.11. The SMILES string of the molecule is COc1cc(-c2cc(N)no2)ccc1C(C)C. The number of methoxy groups -OCH3 is 1. The van der Waals surface area contributed by atoms with E-state index >= 15 is 0 Å². The number of anilines is 1. The Hall–Kier alpha value is -1.97. The summed E-state index contributed by atoms with van der Waals surface area (Å²) in [5, 5.41) is 3.67. The quantitative estimate of drug-likeness (QED) is 0.883. The molecule has 0 unspecified atom stereocenters. The minimum absolute atomic E-state index is 0.381. The summed E-state index contributed by atoms with van der Waals surface area (Å²) in [7, 11) is 1.67. The van der Waals surface area contributed by atoms with Crippen LogP contribution < -0.4 is 10.5 Å². The lowest BCUT2D eigenvalue weighted by molar-refractivity contribution is 0.406. The van der Waals surface area contributed by atoms with Gasteiger partial charge in [-0.15, -0.1) is 0 Å². The Labute approximate surface area is 100 Å². The predicted molar refractivity (Wildman–Crippen MR) is 67.0 cm³/mol. The topological polar surface area (TPSA) is 61.3 Å². The molecule has 0 saturated heterocycles. The third-order valence-corrected chi connectivity index (χ3v) is 2.67. The van der Waals surface area contributed by atoms with Gasteiger partial charge < -0.3 is 15.0 Å². The summed E-state index contributed by atoms with van der Waals surface area (Å²) in [5.41, 5.74) is 7.61. The molecule has 0 aliphatic rings. The second kappa shape index (κ2) is 4.49. The lowest BCUT2D eigenvalue weighted by Gasteiger charge is -2.12. The molecule has 1 aromatic heterocycles. The number of hydrogen-bond acceptors (Lipinski definition) is 4. The van der Waals surface area contributed by atoms with E-state index in [2.05, 4.69) is 19.0 Å². The summed E-state index contributed by atoms with van der Waals surface area (Å²) in [6.07, 6.45) is 0. The summed E-state index contributed by atoms with van der Waals surface area (Å²) in [6, 6.07) is 7.66. The fourth-order valence-corrected chi connectivity index (χ4v) is 1.77. The Kier molecular flexibility index (Phi) is 3.04. The highest BCUT2D eigenvalue weighted by Gasteiger charge is 2.11. The van der Waals surface area contributed by atoms with Gasteiger partial charge in [-0.1, -0.05) is 31.1 Å². The molecule has 0 radical (unpaired) electrons. The smallest absolute Gasteiger partial charge is 0.169 e. The van der Waals surface area contributed by atoms with Crippen molar-refractivity contribution in [1.29, 1.82) is 0 Å². The molecule has 0 aliphatic heterocycles. The van der Waals surface area contributed by atoms with E-state index in [9.17, 15) is 0 Å². The number of aromatic nitrogens is 1. The number of nitrogen functional groups attached to an aromatic ring is 1. The Bertz CT molecular complexity index is 518. The number of hydrogen-bond donors (Lipinski definition) is 1. The van der Waals surface area contributed by atoms with Gasteiger partial charge in [-0.05, 0) is 17.5 Å². The Morgan fingerprint density at radius 1 is 1.29 bits per heavy atom. The van der Waals surface area contributed by atoms with Crippen molar-refractivity contribution in [2.75, 3.05) is 12.8 Å². The number of ether oxygens (including phenoxy) is 1. The van der Waals surface area contributed by atoms with Gasteiger partial charge in [0.05, 0.1) is 7.11 Å². The molecule has 0 spiro atoms. The van der Waals surface area contributed by atoms with Gasteiger partial charge in [-0.25, -0.2) is 0 Å². The fraction of sp³-hybridized carbons (Fsp3) is 0.308. The molecule has 0 fully saturated rings. The Balaban J connectivity index is 2.44. The molecular formula is C13H16N2O2. The zero-order valence-corrected chi connectivity index (χ0v) is 10.2. The molecule has 0 bridgehead atoms. The normalized spacial score (nSPS) is 10.8. The fourth-order valence-electron chi connectivity index (χ4n) is 1.77. The van der Waals surface area contributed by atoms with Gasteiger partial charge in [0.1, 0.15) is 5.75 Å². The first-order valence-electron chi connectivity index (χ1n) is 5.52. The van der Waals surface area contributed by atoms with E-state index in [4.69, 9.17) is 15.0 Å². The van der Waals surface area contributed by atoms with Crippen LogP contribution in [-0.4, -0.2) is 12.3 Å². The third kappa shape index (κ3) is 2.25. The van der Waals surface area contributed by atoms with Gasteiger partial charge in [0, 0.05) is 11.6 Å². The highest BCUT2D eigenvalue weighted by atomic mass is 16.5. The highest BCUT2D eigenvalue weighted by molar-refractivity contribution is 5.63. The van der Waals surface area contributed by atoms with Crippen LogP contribution >= 0.6 is 0 Å². The first kappa shape index (κ1) is 11.5. The minimum Gasteiger partial charge on any atom is -0.496 e. The molecule has 0 saturated carbocycles. The van der Waals surface area contributed by atoms with E-state index in [1.807, 2.05) is 18.2 Å². The molecule has 0 amide bonds. The van der Waals surface area contributed by atoms with Crippen LogP contribution in [0, 0.1) is 0 Å². The van der Waals surface area contributed by atoms with Crippen molar-refractivity contribution < 1.29 is 9.26 Å². The maximum Gasteiger partial charge on any atom is 0.169 e. The van der Waals surface area contributed by atoms with Gasteiger partial charge in [-0.2, -0.15) is 0 Å². The van der Waals surface area contributed by atoms with Crippen molar-refractivity contribution in [1.82, 2.24) is 5.16 Å². The van der Waals surface area contributed by atoms with Crippen LogP contribution in [0.3, 0.4) is 0 Å². The molecule has 2 N–H and O–H groups in total. The average molecular weight is 232 g/mol. The number of nitrogens with two attached hydrogens (primary N) is 1. The van der Waals surface area contributed by atoms with Crippen molar-refractivity contribution in [3.8, 4) is 17.1 Å². The summed E-state index contributed by atoms with van der Waals surface area (Å²) in [6.45, 7) is 4.26. The van der Waals surface area contributed by atoms with Crippen LogP contribution in [0.2, 0.25) is 0 Å². The van der Waals surface area contributed by atoms with Gasteiger partial charge in [0.2, 0.25) is 0 Å². The summed E-state index contributed by atoms with van der Waals surface area (Å²) < 4.78 is 10.5. The van der Waals surface area contributed by atoms with E-state index in [1.165, 1.54) is 5.56 Å². The van der Waals surface area contributed by atoms with E-state index in [-0.39, 0.29) is 0 Å². The molecular weight excluding hydrogens is 216 g/mol. The Morgan fingerprint density at radius 3 is 2.59 bits per heavy atom. The average Bonchev–Trinajstić information content (AvgIpc) is 2.75. The van der Waals surface area contributed by atoms with Crippen LogP contribution in [0.4, 0.5) is 5.82 Å². The van der Waals surface area contributed by atoms with E-state index in [0.717, 1.165) is 11.3 Å². The molecule has 17 heavy (non-hydrogen) atoms. The van der Waals surface area contributed by atoms with Crippen molar-refractivity contribution in [3.63, 3.8) is 0 Å². The molecule has 1 aromatic carbocycles. The van der Waals surface area contributed by atoms with Crippen LogP contribution in [-0.2, 0) is 0 Å². The lowest BCUT2D eigenvalue weighted by Crippen LogP contribution is -1.94. The van der Waals surface area contributed by atoms with Gasteiger partial charge in [-0.3, -0.25) is 0 Å². The van der Waals surface area contributed by atoms with Gasteiger partial charge >= 0.3 is 0 Å². The Morgan fingerprint density at radius 2 is 2.06 bits per heavy atom. The van der Waals surface area contributed by atoms with Crippen LogP contribution in [0.15, 0.2) is 28.8 Å². The van der Waals surface area contributed by atoms with Crippen molar-refractivity contribution in [2.45, 2.75) is 19.8 Å². The second-order valence-corrected chi connectivity index (χ2v) is 4.23. The number of nitrogens with zero attached hydrogens (tertiary/aromatic N) is 1. The number of rotatable bonds is 3. The molecule has 0 aliphatic carbocycles. The molecule has 4 heteroatoms. The zero-order chi connectivity index (χ0) is 12.4. The lowest BCUT2D eigenvalue weighted by atomic mass is 9.99. The van der Waals surface area contributed by atoms with Crippen LogP contribution in [0.25, 0.3) is 11.3 Å². The van der Waals surface area contributed by atoms with E-state index < -0.39 is 0 Å². The maximum atomic E-state index is 5.53. The molecule has 90 valence electrons. The van der Waals surface area contributed by atoms with E-state index in [1.54, 1.807) is 13.2 Å². The van der Waals surface area contributed by atoms with Crippen LogP contribution in [0.5, 0.6) is 5.75 Å². The van der Waals surface area contributed by atoms with Crippen molar-refractivity contribution in [2.24, 2.45) is 0 Å². The van der Waals surface area contributed by atoms with Gasteiger partial charge in [0.25, 0.3) is 0 Å². The predicted octanol–water partition coefficient (Wildman–Crippen LogP) is 3.06. The highest BCUT2D eigenvalue weighted by Crippen LogP contribution is 2.31. The minimum atomic E-state index is 0.381. The standard InChI is InChI=1S/C13H16N2O2/c1-8(2)10-5-4-9(6-12(10)16-3)11-7-13(14)15-17-11/h4-8H,1-3H3,(H2,14,15). The second-order valence-electron chi connectivity index (χ2n) is 4.23.